The van der Waals surface area contributed by atoms with E-state index in [0.717, 1.165) is 5.56 Å². The second-order valence-electron chi connectivity index (χ2n) is 9.97. The molecule has 5 rings (SSSR count). The lowest BCUT2D eigenvalue weighted by atomic mass is 9.63. The van der Waals surface area contributed by atoms with Crippen LogP contribution in [0.4, 0.5) is 0 Å². The Hall–Kier alpha value is -3.78. The number of carbonyl (C=O) groups excluding carboxylic acids is 3. The van der Waals surface area contributed by atoms with E-state index in [2.05, 4.69) is 6.07 Å². The van der Waals surface area contributed by atoms with E-state index in [-0.39, 0.29) is 17.3 Å². The minimum atomic E-state index is -1.48. The molecule has 3 aliphatic rings. The van der Waals surface area contributed by atoms with Crippen LogP contribution in [0, 0.1) is 22.2 Å². The second kappa shape index (κ2) is 7.11. The lowest BCUT2D eigenvalue weighted by molar-refractivity contribution is -0.130. The van der Waals surface area contributed by atoms with Crippen molar-refractivity contribution in [3.05, 3.63) is 95.2 Å². The lowest BCUT2D eigenvalue weighted by Gasteiger charge is -2.34. The molecule has 33 heavy (non-hydrogen) atoms. The molecular formula is C28H24N2O3. The summed E-state index contributed by atoms with van der Waals surface area (Å²) in [6, 6.07) is 17.0. The Morgan fingerprint density at radius 3 is 2.09 bits per heavy atom. The number of fused-ring (bicyclic) bond motifs is 3. The van der Waals surface area contributed by atoms with Gasteiger partial charge in [-0.2, -0.15) is 5.26 Å². The Morgan fingerprint density at radius 1 is 0.970 bits per heavy atom. The average molecular weight is 437 g/mol. The average Bonchev–Trinajstić information content (AvgIpc) is 3.24. The van der Waals surface area contributed by atoms with Gasteiger partial charge < -0.3 is 4.90 Å². The number of Topliss-reactive ketones (excluding diaryl/α,β-unsaturated/α-hetero) is 3. The number of nitrogens with zero attached hydrogens (tertiary/aromatic N) is 2. The number of allylic oxidation sites excluding steroid dienone is 2. The summed E-state index contributed by atoms with van der Waals surface area (Å²) in [5.74, 6) is -1.27. The molecule has 1 fully saturated rings. The second-order valence-corrected chi connectivity index (χ2v) is 9.97. The predicted molar refractivity (Wildman–Crippen MR) is 123 cm³/mol. The van der Waals surface area contributed by atoms with Gasteiger partial charge >= 0.3 is 0 Å². The summed E-state index contributed by atoms with van der Waals surface area (Å²) >= 11 is 0. The van der Waals surface area contributed by atoms with Crippen molar-refractivity contribution < 1.29 is 14.4 Å². The van der Waals surface area contributed by atoms with Crippen LogP contribution in [0.1, 0.15) is 53.0 Å². The number of rotatable bonds is 2. The number of ketones is 3. The van der Waals surface area contributed by atoms with Gasteiger partial charge in [0.05, 0.1) is 17.7 Å². The number of nitriles is 1. The van der Waals surface area contributed by atoms with E-state index in [1.807, 2.05) is 51.1 Å². The third-order valence-corrected chi connectivity index (χ3v) is 7.12. The van der Waals surface area contributed by atoms with Gasteiger partial charge in [-0.15, -0.1) is 0 Å². The molecule has 0 saturated carbocycles. The van der Waals surface area contributed by atoms with Crippen LogP contribution >= 0.6 is 0 Å². The minimum absolute atomic E-state index is 0.0707. The molecule has 5 nitrogen and oxygen atoms in total. The van der Waals surface area contributed by atoms with Crippen LogP contribution in [0.15, 0.2) is 78.5 Å². The summed E-state index contributed by atoms with van der Waals surface area (Å²) < 4.78 is 0. The summed E-state index contributed by atoms with van der Waals surface area (Å²) in [6.45, 7) is 5.54. The van der Waals surface area contributed by atoms with Crippen LogP contribution in [-0.4, -0.2) is 34.3 Å². The SMILES string of the molecule is CC(C)(C)C(=O)[C@@H]1[C@@H](c2ccccc2)C2(C(=O)c3ccccc3C2=O)[C@H]2C=CC(C#N)=CN12. The molecule has 0 amide bonds. The van der Waals surface area contributed by atoms with Gasteiger partial charge in [0.15, 0.2) is 17.3 Å². The zero-order valence-electron chi connectivity index (χ0n) is 18.8. The Morgan fingerprint density at radius 2 is 1.55 bits per heavy atom. The largest absolute Gasteiger partial charge is 0.358 e. The summed E-state index contributed by atoms with van der Waals surface area (Å²) in [7, 11) is 0. The molecule has 2 aromatic rings. The normalized spacial score (nSPS) is 25.0. The van der Waals surface area contributed by atoms with Gasteiger partial charge in [-0.05, 0) is 11.6 Å². The van der Waals surface area contributed by atoms with Crippen molar-refractivity contribution in [2.45, 2.75) is 38.8 Å². The molecule has 0 bridgehead atoms. The van der Waals surface area contributed by atoms with Crippen LogP contribution in [0.25, 0.3) is 0 Å². The van der Waals surface area contributed by atoms with Gasteiger partial charge in [-0.25, -0.2) is 0 Å². The van der Waals surface area contributed by atoms with Crippen molar-refractivity contribution in [1.29, 1.82) is 5.26 Å². The summed E-state index contributed by atoms with van der Waals surface area (Å²) in [5, 5.41) is 9.57. The molecule has 3 atom stereocenters. The van der Waals surface area contributed by atoms with Crippen molar-refractivity contribution >= 4 is 17.3 Å². The first-order chi connectivity index (χ1) is 15.7. The number of hydrogen-bond acceptors (Lipinski definition) is 5. The van der Waals surface area contributed by atoms with Gasteiger partial charge in [0.25, 0.3) is 0 Å². The first-order valence-corrected chi connectivity index (χ1v) is 11.1. The van der Waals surface area contributed by atoms with Gasteiger partial charge in [0.2, 0.25) is 0 Å². The molecule has 1 aliphatic carbocycles. The molecule has 2 aliphatic heterocycles. The summed E-state index contributed by atoms with van der Waals surface area (Å²) in [5.41, 5.74) is -0.245. The fraction of sp³-hybridized carbons (Fsp3) is 0.286. The molecule has 164 valence electrons. The maximum absolute atomic E-state index is 14.2. The molecular weight excluding hydrogens is 412 g/mol. The fourth-order valence-corrected chi connectivity index (χ4v) is 5.70. The van der Waals surface area contributed by atoms with E-state index >= 15 is 0 Å². The van der Waals surface area contributed by atoms with Crippen molar-refractivity contribution in [3.63, 3.8) is 0 Å². The molecule has 0 radical (unpaired) electrons. The Labute approximate surface area is 193 Å². The van der Waals surface area contributed by atoms with Crippen LogP contribution in [0.5, 0.6) is 0 Å². The lowest BCUT2D eigenvalue weighted by Crippen LogP contribution is -2.47. The van der Waals surface area contributed by atoms with Crippen molar-refractivity contribution in [2.24, 2.45) is 10.8 Å². The Kier molecular flexibility index (Phi) is 4.54. The van der Waals surface area contributed by atoms with Crippen molar-refractivity contribution in [1.82, 2.24) is 4.90 Å². The molecule has 1 saturated heterocycles. The van der Waals surface area contributed by atoms with E-state index in [9.17, 15) is 19.6 Å². The van der Waals surface area contributed by atoms with Crippen LogP contribution in [0.2, 0.25) is 0 Å². The standard InChI is InChI=1S/C28H24N2O3/c1-27(2,3)26(33)23-22(18-9-5-4-6-10-18)28(21-14-13-17(15-29)16-30(21)23)24(31)19-11-7-8-12-20(19)25(28)32/h4-14,16,21-23H,1-3H3/t21-,22-,23+/m1/s1. The van der Waals surface area contributed by atoms with Gasteiger partial charge in [-0.3, -0.25) is 14.4 Å². The zero-order valence-corrected chi connectivity index (χ0v) is 18.8. The Balaban J connectivity index is 1.84. The zero-order chi connectivity index (χ0) is 23.5. The van der Waals surface area contributed by atoms with E-state index in [4.69, 9.17) is 0 Å². The van der Waals surface area contributed by atoms with Crippen LogP contribution in [0.3, 0.4) is 0 Å². The highest BCUT2D eigenvalue weighted by Gasteiger charge is 2.71. The topological polar surface area (TPSA) is 78.2 Å². The van der Waals surface area contributed by atoms with Crippen molar-refractivity contribution in [3.8, 4) is 6.07 Å². The monoisotopic (exact) mass is 436 g/mol. The smallest absolute Gasteiger partial charge is 0.180 e. The molecule has 0 N–H and O–H groups in total. The molecule has 0 aromatic heterocycles. The molecule has 0 unspecified atom stereocenters. The van der Waals surface area contributed by atoms with E-state index in [1.165, 1.54) is 0 Å². The molecule has 2 heterocycles. The van der Waals surface area contributed by atoms with Crippen LogP contribution < -0.4 is 0 Å². The maximum Gasteiger partial charge on any atom is 0.180 e. The highest BCUT2D eigenvalue weighted by molar-refractivity contribution is 6.31. The van der Waals surface area contributed by atoms with E-state index < -0.39 is 28.8 Å². The van der Waals surface area contributed by atoms with Gasteiger partial charge in [0, 0.05) is 28.7 Å². The fourth-order valence-electron chi connectivity index (χ4n) is 5.70. The molecule has 1 spiro atoms. The number of hydrogen-bond donors (Lipinski definition) is 0. The first-order valence-electron chi connectivity index (χ1n) is 11.1. The third kappa shape index (κ3) is 2.74. The quantitative estimate of drug-likeness (QED) is 0.649. The maximum atomic E-state index is 14.2. The molecule has 2 aromatic carbocycles. The van der Waals surface area contributed by atoms with E-state index in [0.29, 0.717) is 16.7 Å². The highest BCUT2D eigenvalue weighted by Crippen LogP contribution is 2.59. The van der Waals surface area contributed by atoms with Gasteiger partial charge in [-0.1, -0.05) is 81.4 Å². The van der Waals surface area contributed by atoms with Gasteiger partial charge in [0.1, 0.15) is 11.5 Å². The minimum Gasteiger partial charge on any atom is -0.358 e. The number of benzene rings is 2. The van der Waals surface area contributed by atoms with Crippen LogP contribution in [-0.2, 0) is 4.79 Å². The van der Waals surface area contributed by atoms with Crippen molar-refractivity contribution in [2.75, 3.05) is 0 Å². The highest BCUT2D eigenvalue weighted by atomic mass is 16.2. The number of carbonyl (C=O) groups is 3. The predicted octanol–water partition coefficient (Wildman–Crippen LogP) is 4.48. The third-order valence-electron chi connectivity index (χ3n) is 7.12. The summed E-state index contributed by atoms with van der Waals surface area (Å²) in [6.07, 6.45) is 5.05. The summed E-state index contributed by atoms with van der Waals surface area (Å²) in [4.78, 5) is 44.0. The Bertz CT molecular complexity index is 1260. The van der Waals surface area contributed by atoms with E-state index in [1.54, 1.807) is 47.5 Å². The molecule has 5 heteroatoms. The first kappa shape index (κ1) is 21.1.